The highest BCUT2D eigenvalue weighted by molar-refractivity contribution is 6.00. The maximum absolute atomic E-state index is 13.0. The van der Waals surface area contributed by atoms with E-state index in [4.69, 9.17) is 9.47 Å². The minimum absolute atomic E-state index is 0.0238. The van der Waals surface area contributed by atoms with Gasteiger partial charge in [0, 0.05) is 37.5 Å². The zero-order valence-electron chi connectivity index (χ0n) is 15.6. The molecule has 0 spiro atoms. The van der Waals surface area contributed by atoms with Crippen LogP contribution in [-0.2, 0) is 6.54 Å². The molecule has 1 aromatic carbocycles. The lowest BCUT2D eigenvalue weighted by Crippen LogP contribution is -2.39. The molecule has 1 atom stereocenters. The van der Waals surface area contributed by atoms with Crippen LogP contribution in [0.2, 0.25) is 0 Å². The Morgan fingerprint density at radius 2 is 2.15 bits per heavy atom. The Bertz CT molecular complexity index is 715. The zero-order valence-corrected chi connectivity index (χ0v) is 15.6. The molecule has 2 aromatic rings. The second-order valence-electron chi connectivity index (χ2n) is 6.69. The molecule has 140 valence electrons. The third-order valence-electron chi connectivity index (χ3n) is 4.97. The van der Waals surface area contributed by atoms with Crippen LogP contribution in [0.4, 0.5) is 0 Å². The first-order valence-electron chi connectivity index (χ1n) is 9.17. The Kier molecular flexibility index (Phi) is 6.28. The molecule has 1 aliphatic heterocycles. The molecule has 0 amide bonds. The first-order chi connectivity index (χ1) is 12.7. The number of rotatable bonds is 8. The van der Waals surface area contributed by atoms with Gasteiger partial charge in [-0.3, -0.25) is 9.48 Å². The van der Waals surface area contributed by atoms with Crippen molar-refractivity contribution in [1.29, 1.82) is 0 Å². The minimum Gasteiger partial charge on any atom is -0.497 e. The molecule has 0 aliphatic carbocycles. The second kappa shape index (κ2) is 8.85. The highest BCUT2D eigenvalue weighted by atomic mass is 16.5. The fraction of sp³-hybridized carbons (Fsp3) is 0.500. The normalized spacial score (nSPS) is 17.8. The van der Waals surface area contributed by atoms with Gasteiger partial charge < -0.3 is 14.4 Å². The van der Waals surface area contributed by atoms with Crippen LogP contribution >= 0.6 is 0 Å². The highest BCUT2D eigenvalue weighted by Gasteiger charge is 2.28. The molecule has 0 N–H and O–H groups in total. The number of benzene rings is 1. The summed E-state index contributed by atoms with van der Waals surface area (Å²) in [7, 11) is 3.20. The molecule has 0 saturated carbocycles. The largest absolute Gasteiger partial charge is 0.497 e. The molecule has 1 saturated heterocycles. The van der Waals surface area contributed by atoms with Crippen LogP contribution in [0.3, 0.4) is 0 Å². The average Bonchev–Trinajstić information content (AvgIpc) is 3.20. The van der Waals surface area contributed by atoms with Gasteiger partial charge in [0.2, 0.25) is 0 Å². The number of ether oxygens (including phenoxy) is 2. The number of ketones is 1. The van der Waals surface area contributed by atoms with Gasteiger partial charge >= 0.3 is 0 Å². The summed E-state index contributed by atoms with van der Waals surface area (Å²) in [5, 5.41) is 4.23. The van der Waals surface area contributed by atoms with Gasteiger partial charge in [0.05, 0.1) is 19.8 Å². The first kappa shape index (κ1) is 18.5. The fourth-order valence-electron chi connectivity index (χ4n) is 3.58. The summed E-state index contributed by atoms with van der Waals surface area (Å²) in [4.78, 5) is 15.4. The van der Waals surface area contributed by atoms with Gasteiger partial charge in [-0.15, -0.1) is 0 Å². The van der Waals surface area contributed by atoms with Crippen molar-refractivity contribution in [1.82, 2.24) is 14.7 Å². The number of hydrogen-bond donors (Lipinski definition) is 0. The van der Waals surface area contributed by atoms with Crippen molar-refractivity contribution in [2.24, 2.45) is 5.92 Å². The summed E-state index contributed by atoms with van der Waals surface area (Å²) in [6.07, 6.45) is 6.81. The summed E-state index contributed by atoms with van der Waals surface area (Å²) in [6.45, 7) is 3.77. The van der Waals surface area contributed by atoms with Crippen LogP contribution in [0.15, 0.2) is 36.7 Å². The van der Waals surface area contributed by atoms with Crippen molar-refractivity contribution in [3.8, 4) is 11.5 Å². The van der Waals surface area contributed by atoms with E-state index in [0.29, 0.717) is 17.1 Å². The minimum atomic E-state index is 0.0238. The van der Waals surface area contributed by atoms with Gasteiger partial charge in [-0.2, -0.15) is 5.10 Å². The van der Waals surface area contributed by atoms with Gasteiger partial charge in [-0.25, -0.2) is 0 Å². The smallest absolute Gasteiger partial charge is 0.170 e. The van der Waals surface area contributed by atoms with Crippen LogP contribution < -0.4 is 9.47 Å². The van der Waals surface area contributed by atoms with Crippen LogP contribution in [0, 0.1) is 5.92 Å². The summed E-state index contributed by atoms with van der Waals surface area (Å²) in [5.41, 5.74) is 0.650. The van der Waals surface area contributed by atoms with Crippen LogP contribution in [0.1, 0.15) is 29.6 Å². The Morgan fingerprint density at radius 3 is 2.88 bits per heavy atom. The van der Waals surface area contributed by atoms with Crippen molar-refractivity contribution in [2.45, 2.75) is 25.8 Å². The van der Waals surface area contributed by atoms with E-state index in [9.17, 15) is 4.79 Å². The number of carbonyl (C=O) groups excluding carboxylic acids is 1. The summed E-state index contributed by atoms with van der Waals surface area (Å²) in [5.74, 6) is 1.48. The van der Waals surface area contributed by atoms with Gasteiger partial charge in [-0.05, 0) is 50.6 Å². The third kappa shape index (κ3) is 4.43. The van der Waals surface area contributed by atoms with Crippen LogP contribution in [0.5, 0.6) is 11.5 Å². The van der Waals surface area contributed by atoms with E-state index in [2.05, 4.69) is 10.00 Å². The van der Waals surface area contributed by atoms with Crippen LogP contribution in [-0.4, -0.2) is 54.3 Å². The topological polar surface area (TPSA) is 56.6 Å². The van der Waals surface area contributed by atoms with E-state index in [1.807, 2.05) is 29.1 Å². The number of Topliss-reactive ketones (excluding diaryl/α,β-unsaturated/α-hetero) is 1. The van der Waals surface area contributed by atoms with Gasteiger partial charge in [-0.1, -0.05) is 0 Å². The lowest BCUT2D eigenvalue weighted by molar-refractivity contribution is 0.0814. The number of methoxy groups -OCH3 is 2. The van der Waals surface area contributed by atoms with Crippen molar-refractivity contribution in [2.75, 3.05) is 33.9 Å². The molecule has 1 fully saturated rings. The van der Waals surface area contributed by atoms with Gasteiger partial charge in [0.15, 0.2) is 5.78 Å². The molecule has 3 rings (SSSR count). The molecular formula is C20H27N3O3. The molecule has 6 nitrogen and oxygen atoms in total. The van der Waals surface area contributed by atoms with Gasteiger partial charge in [0.1, 0.15) is 11.5 Å². The van der Waals surface area contributed by atoms with E-state index in [0.717, 1.165) is 45.4 Å². The van der Waals surface area contributed by atoms with Crippen molar-refractivity contribution in [3.05, 3.63) is 42.2 Å². The standard InChI is InChI=1S/C20H27N3O3/c1-25-17-7-8-18(19(14-17)26-2)20(24)16-6-3-10-22(15-16)11-5-13-23-12-4-9-21-23/h4,7-9,12,14,16H,3,5-6,10-11,13,15H2,1-2H3/t16-/m0/s1. The molecule has 26 heavy (non-hydrogen) atoms. The Hall–Kier alpha value is -2.34. The molecule has 0 bridgehead atoms. The lowest BCUT2D eigenvalue weighted by Gasteiger charge is -2.32. The van der Waals surface area contributed by atoms with Crippen molar-refractivity contribution in [3.63, 3.8) is 0 Å². The SMILES string of the molecule is COc1ccc(C(=O)[C@H]2CCCN(CCCn3cccn3)C2)c(OC)c1. The number of hydrogen-bond acceptors (Lipinski definition) is 5. The zero-order chi connectivity index (χ0) is 18.4. The molecule has 0 radical (unpaired) electrons. The maximum Gasteiger partial charge on any atom is 0.170 e. The number of carbonyl (C=O) groups is 1. The van der Waals surface area contributed by atoms with Gasteiger partial charge in [0.25, 0.3) is 0 Å². The third-order valence-corrected chi connectivity index (χ3v) is 4.97. The number of nitrogens with zero attached hydrogens (tertiary/aromatic N) is 3. The van der Waals surface area contributed by atoms with Crippen LogP contribution in [0.25, 0.3) is 0 Å². The first-order valence-corrected chi connectivity index (χ1v) is 9.17. The van der Waals surface area contributed by atoms with E-state index in [1.54, 1.807) is 26.5 Å². The lowest BCUT2D eigenvalue weighted by atomic mass is 9.89. The highest BCUT2D eigenvalue weighted by Crippen LogP contribution is 2.29. The number of aryl methyl sites for hydroxylation is 1. The Balaban J connectivity index is 1.59. The molecular weight excluding hydrogens is 330 g/mol. The molecule has 1 aromatic heterocycles. The number of piperidine rings is 1. The Labute approximate surface area is 154 Å². The second-order valence-corrected chi connectivity index (χ2v) is 6.69. The monoisotopic (exact) mass is 357 g/mol. The van der Waals surface area contributed by atoms with E-state index in [-0.39, 0.29) is 11.7 Å². The van der Waals surface area contributed by atoms with E-state index in [1.165, 1.54) is 0 Å². The maximum atomic E-state index is 13.0. The molecule has 0 unspecified atom stereocenters. The Morgan fingerprint density at radius 1 is 1.27 bits per heavy atom. The number of aromatic nitrogens is 2. The molecule has 2 heterocycles. The van der Waals surface area contributed by atoms with E-state index >= 15 is 0 Å². The average molecular weight is 357 g/mol. The predicted octanol–water partition coefficient (Wildman–Crippen LogP) is 2.89. The number of likely N-dealkylation sites (tertiary alicyclic amines) is 1. The predicted molar refractivity (Wildman–Crippen MR) is 99.9 cm³/mol. The van der Waals surface area contributed by atoms with Crippen molar-refractivity contribution >= 4 is 5.78 Å². The van der Waals surface area contributed by atoms with Crippen molar-refractivity contribution < 1.29 is 14.3 Å². The quantitative estimate of drug-likeness (QED) is 0.680. The van der Waals surface area contributed by atoms with E-state index < -0.39 is 0 Å². The molecule has 6 heteroatoms. The fourth-order valence-corrected chi connectivity index (χ4v) is 3.58. The summed E-state index contributed by atoms with van der Waals surface area (Å²) < 4.78 is 12.6. The summed E-state index contributed by atoms with van der Waals surface area (Å²) in [6, 6.07) is 7.35. The summed E-state index contributed by atoms with van der Waals surface area (Å²) >= 11 is 0. The molecule has 1 aliphatic rings.